The smallest absolute Gasteiger partial charge is 0.260 e. The quantitative estimate of drug-likeness (QED) is 0.722. The number of hydrogen-bond donors (Lipinski definition) is 1. The molecule has 0 aromatic heterocycles. The number of sulfonamides is 1. The van der Waals surface area contributed by atoms with Crippen molar-refractivity contribution in [1.29, 1.82) is 0 Å². The van der Waals surface area contributed by atoms with Gasteiger partial charge in [-0.2, -0.15) is 0 Å². The lowest BCUT2D eigenvalue weighted by Crippen LogP contribution is -2.54. The Morgan fingerprint density at radius 1 is 1.29 bits per heavy atom. The van der Waals surface area contributed by atoms with Crippen LogP contribution in [0.3, 0.4) is 0 Å². The lowest BCUT2D eigenvalue weighted by atomic mass is 9.88. The number of carbonyl (C=O) groups excluding carboxylic acids is 2. The molecule has 0 saturated heterocycles. The summed E-state index contributed by atoms with van der Waals surface area (Å²) in [5.41, 5.74) is 0.275. The summed E-state index contributed by atoms with van der Waals surface area (Å²) in [4.78, 5) is 27.1. The van der Waals surface area contributed by atoms with Crippen LogP contribution in [0.15, 0.2) is 41.3 Å². The molecule has 1 aliphatic carbocycles. The van der Waals surface area contributed by atoms with Crippen molar-refractivity contribution in [3.63, 3.8) is 0 Å². The Labute approximate surface area is 184 Å². The lowest BCUT2D eigenvalue weighted by Gasteiger charge is -2.38. The molecule has 0 radical (unpaired) electrons. The van der Waals surface area contributed by atoms with Gasteiger partial charge in [0.2, 0.25) is 0 Å². The standard InChI is InChI=1S/C23H30N2O5S/c1-6-30-20-12-8-11-19-18(20)14-25(15-22(2,3)4)23(19,5)21(27)24-31(28,29)17-10-7-9-16(26)13-17/h7-12H,6,13-15H2,1-5H3,(H,24,27). The lowest BCUT2D eigenvalue weighted by molar-refractivity contribution is -0.131. The number of nitrogens with zero attached hydrogens (tertiary/aromatic N) is 1. The first-order valence-electron chi connectivity index (χ1n) is 10.4. The predicted octanol–water partition coefficient (Wildman–Crippen LogP) is 3.02. The Hall–Kier alpha value is -2.45. The third kappa shape index (κ3) is 4.60. The first-order valence-corrected chi connectivity index (χ1v) is 11.8. The maximum Gasteiger partial charge on any atom is 0.260 e. The number of amides is 1. The zero-order chi connectivity index (χ0) is 23.0. The molecular formula is C23H30N2O5S. The van der Waals surface area contributed by atoms with Crippen LogP contribution in [0.2, 0.25) is 0 Å². The monoisotopic (exact) mass is 446 g/mol. The minimum atomic E-state index is -4.15. The number of ketones is 1. The zero-order valence-corrected chi connectivity index (χ0v) is 19.5. The van der Waals surface area contributed by atoms with Crippen molar-refractivity contribution >= 4 is 21.7 Å². The molecule has 2 aliphatic rings. The van der Waals surface area contributed by atoms with E-state index in [0.29, 0.717) is 25.4 Å². The van der Waals surface area contributed by atoms with Crippen LogP contribution in [0.1, 0.15) is 52.2 Å². The highest BCUT2D eigenvalue weighted by molar-refractivity contribution is 7.94. The largest absolute Gasteiger partial charge is 0.494 e. The number of fused-ring (bicyclic) bond motifs is 1. The van der Waals surface area contributed by atoms with E-state index in [4.69, 9.17) is 4.74 Å². The van der Waals surface area contributed by atoms with Gasteiger partial charge in [0.25, 0.3) is 15.9 Å². The van der Waals surface area contributed by atoms with Crippen molar-refractivity contribution in [3.05, 3.63) is 52.5 Å². The Balaban J connectivity index is 2.02. The van der Waals surface area contributed by atoms with E-state index in [0.717, 1.165) is 11.1 Å². The fraction of sp³-hybridized carbons (Fsp3) is 0.478. The van der Waals surface area contributed by atoms with Crippen molar-refractivity contribution in [2.75, 3.05) is 13.2 Å². The molecule has 0 fully saturated rings. The molecule has 7 nitrogen and oxygen atoms in total. The van der Waals surface area contributed by atoms with Crippen LogP contribution in [-0.2, 0) is 31.7 Å². The normalized spacial score (nSPS) is 21.6. The first-order chi connectivity index (χ1) is 14.4. The number of ether oxygens (including phenoxy) is 1. The Morgan fingerprint density at radius 2 is 2.00 bits per heavy atom. The summed E-state index contributed by atoms with van der Waals surface area (Å²) in [6, 6.07) is 5.53. The molecular weight excluding hydrogens is 416 g/mol. The highest BCUT2D eigenvalue weighted by Crippen LogP contribution is 2.44. The Bertz CT molecular complexity index is 1070. The summed E-state index contributed by atoms with van der Waals surface area (Å²) in [5, 5.41) is 0. The molecule has 1 N–H and O–H groups in total. The minimum Gasteiger partial charge on any atom is -0.494 e. The number of nitrogens with one attached hydrogen (secondary N) is 1. The van der Waals surface area contributed by atoms with Crippen LogP contribution in [0.25, 0.3) is 0 Å². The van der Waals surface area contributed by atoms with E-state index >= 15 is 0 Å². The van der Waals surface area contributed by atoms with E-state index < -0.39 is 21.5 Å². The fourth-order valence-corrected chi connectivity index (χ4v) is 5.24. The average molecular weight is 447 g/mol. The second-order valence-electron chi connectivity index (χ2n) is 9.27. The van der Waals surface area contributed by atoms with E-state index in [1.807, 2.05) is 30.0 Å². The molecule has 8 heteroatoms. The van der Waals surface area contributed by atoms with Crippen LogP contribution < -0.4 is 9.46 Å². The topological polar surface area (TPSA) is 92.8 Å². The molecule has 3 rings (SSSR count). The molecule has 1 unspecified atom stereocenters. The maximum absolute atomic E-state index is 13.5. The maximum atomic E-state index is 13.5. The van der Waals surface area contributed by atoms with E-state index in [1.54, 1.807) is 6.92 Å². The van der Waals surface area contributed by atoms with Gasteiger partial charge in [-0.1, -0.05) is 39.0 Å². The Kier molecular flexibility index (Phi) is 6.17. The van der Waals surface area contributed by atoms with Gasteiger partial charge >= 0.3 is 0 Å². The van der Waals surface area contributed by atoms with Gasteiger partial charge in [0.15, 0.2) is 5.78 Å². The second-order valence-corrected chi connectivity index (χ2v) is 11.0. The SMILES string of the molecule is CCOc1cccc2c1CN(CC(C)(C)C)C2(C)C(=O)NS(=O)(=O)C1=CC=CC(=O)C1. The minimum absolute atomic E-state index is 0.111. The van der Waals surface area contributed by atoms with Crippen LogP contribution in [0, 0.1) is 5.41 Å². The third-order valence-electron chi connectivity index (χ3n) is 5.53. The fourth-order valence-electron chi connectivity index (χ4n) is 4.07. The van der Waals surface area contributed by atoms with E-state index in [9.17, 15) is 18.0 Å². The van der Waals surface area contributed by atoms with Crippen molar-refractivity contribution in [3.8, 4) is 5.75 Å². The van der Waals surface area contributed by atoms with Crippen molar-refractivity contribution in [2.45, 2.75) is 53.1 Å². The van der Waals surface area contributed by atoms with Crippen molar-refractivity contribution in [2.24, 2.45) is 5.41 Å². The third-order valence-corrected chi connectivity index (χ3v) is 6.96. The average Bonchev–Trinajstić information content (AvgIpc) is 2.94. The zero-order valence-electron chi connectivity index (χ0n) is 18.7. The van der Waals surface area contributed by atoms with E-state index in [-0.39, 0.29) is 22.5 Å². The molecule has 1 amide bonds. The van der Waals surface area contributed by atoms with E-state index in [1.165, 1.54) is 18.2 Å². The molecule has 0 saturated carbocycles. The summed E-state index contributed by atoms with van der Waals surface area (Å²) in [7, 11) is -4.15. The predicted molar refractivity (Wildman–Crippen MR) is 119 cm³/mol. The highest BCUT2D eigenvalue weighted by atomic mass is 32.2. The number of allylic oxidation sites excluding steroid dienone is 4. The second kappa shape index (κ2) is 8.24. The number of rotatable bonds is 6. The number of hydrogen-bond acceptors (Lipinski definition) is 6. The summed E-state index contributed by atoms with van der Waals surface area (Å²) in [6.45, 7) is 11.4. The summed E-state index contributed by atoms with van der Waals surface area (Å²) in [5.74, 6) is -0.264. The Morgan fingerprint density at radius 3 is 2.61 bits per heavy atom. The molecule has 1 aliphatic heterocycles. The van der Waals surface area contributed by atoms with Gasteiger partial charge in [0, 0.05) is 25.1 Å². The summed E-state index contributed by atoms with van der Waals surface area (Å²) >= 11 is 0. The van der Waals surface area contributed by atoms with Crippen LogP contribution in [0.5, 0.6) is 5.75 Å². The van der Waals surface area contributed by atoms with Gasteiger partial charge in [-0.05, 0) is 43.0 Å². The molecule has 31 heavy (non-hydrogen) atoms. The van der Waals surface area contributed by atoms with Gasteiger partial charge < -0.3 is 4.74 Å². The van der Waals surface area contributed by atoms with Gasteiger partial charge in [0.05, 0.1) is 11.5 Å². The molecule has 0 bridgehead atoms. The molecule has 1 aromatic carbocycles. The van der Waals surface area contributed by atoms with Crippen molar-refractivity contribution < 1.29 is 22.7 Å². The molecule has 1 atom stereocenters. The first kappa shape index (κ1) is 23.2. The van der Waals surface area contributed by atoms with Gasteiger partial charge in [-0.3, -0.25) is 14.5 Å². The number of carbonyl (C=O) groups is 2. The molecule has 1 aromatic rings. The molecule has 1 heterocycles. The number of benzene rings is 1. The molecule has 0 spiro atoms. The van der Waals surface area contributed by atoms with Crippen LogP contribution >= 0.6 is 0 Å². The van der Waals surface area contributed by atoms with Crippen LogP contribution in [0.4, 0.5) is 0 Å². The van der Waals surface area contributed by atoms with Crippen LogP contribution in [-0.4, -0.2) is 38.2 Å². The van der Waals surface area contributed by atoms with Gasteiger partial charge in [-0.25, -0.2) is 13.1 Å². The van der Waals surface area contributed by atoms with Gasteiger partial charge in [-0.15, -0.1) is 0 Å². The highest BCUT2D eigenvalue weighted by Gasteiger charge is 2.50. The molecule has 168 valence electrons. The van der Waals surface area contributed by atoms with E-state index in [2.05, 4.69) is 25.5 Å². The van der Waals surface area contributed by atoms with Crippen molar-refractivity contribution in [1.82, 2.24) is 9.62 Å². The van der Waals surface area contributed by atoms with Gasteiger partial charge in [0.1, 0.15) is 11.3 Å². The summed E-state index contributed by atoms with van der Waals surface area (Å²) in [6.07, 6.45) is 3.79. The summed E-state index contributed by atoms with van der Waals surface area (Å²) < 4.78 is 33.8.